The van der Waals surface area contributed by atoms with Gasteiger partial charge in [-0.15, -0.1) is 0 Å². The van der Waals surface area contributed by atoms with Crippen LogP contribution in [0.3, 0.4) is 0 Å². The molecular formula is C48H16F12N4O. The van der Waals surface area contributed by atoms with Crippen molar-refractivity contribution in [2.24, 2.45) is 0 Å². The maximum Gasteiger partial charge on any atom is 0.416 e. The van der Waals surface area contributed by atoms with Crippen LogP contribution < -0.4 is 0 Å². The second-order valence-corrected chi connectivity index (χ2v) is 14.9. The van der Waals surface area contributed by atoms with Crippen LogP contribution in [-0.4, -0.2) is 0 Å². The molecule has 1 aromatic heterocycles. The van der Waals surface area contributed by atoms with E-state index in [1.54, 1.807) is 48.5 Å². The number of halogens is 12. The van der Waals surface area contributed by atoms with Crippen molar-refractivity contribution in [3.05, 3.63) is 153 Å². The Morgan fingerprint density at radius 3 is 0.938 bits per heavy atom. The average Bonchev–Trinajstić information content (AvgIpc) is 3.87. The number of furan rings is 1. The number of benzene rings is 6. The number of alkyl halides is 12. The number of nitrogens with zero attached hydrogens (tertiary/aromatic N) is 4. The zero-order valence-corrected chi connectivity index (χ0v) is 32.0. The SMILES string of the molecule is N#CC(C#N)=C1c2cc(-c3cc(C(F)(F)F)cc(C(F)(F)F)c3)ccc2-c2cc3oc4cc5c(cc4c3cc21)C(=C(C#N)C#N)c1cc(-c2cc(C(F)(F)F)cc(C(F)(F)F)c2)ccc1-5. The van der Waals surface area contributed by atoms with Crippen molar-refractivity contribution in [3.8, 4) is 68.8 Å². The summed E-state index contributed by atoms with van der Waals surface area (Å²) in [5.41, 5.74) is -5.34. The van der Waals surface area contributed by atoms with Crippen molar-refractivity contribution in [2.75, 3.05) is 0 Å². The molecule has 65 heavy (non-hydrogen) atoms. The van der Waals surface area contributed by atoms with Gasteiger partial charge in [0.05, 0.1) is 22.3 Å². The van der Waals surface area contributed by atoms with Gasteiger partial charge in [0.2, 0.25) is 0 Å². The van der Waals surface area contributed by atoms with Crippen LogP contribution >= 0.6 is 0 Å². The van der Waals surface area contributed by atoms with Crippen LogP contribution in [0, 0.1) is 45.3 Å². The van der Waals surface area contributed by atoms with Crippen LogP contribution in [0.25, 0.3) is 77.6 Å². The van der Waals surface area contributed by atoms with Crippen molar-refractivity contribution in [1.29, 1.82) is 21.0 Å². The molecule has 318 valence electrons. The summed E-state index contributed by atoms with van der Waals surface area (Å²) in [7, 11) is 0. The van der Waals surface area contributed by atoms with Gasteiger partial charge in [-0.2, -0.15) is 73.7 Å². The minimum absolute atomic E-state index is 0.0107. The van der Waals surface area contributed by atoms with Crippen LogP contribution in [0.15, 0.2) is 113 Å². The van der Waals surface area contributed by atoms with Crippen LogP contribution in [-0.2, 0) is 24.7 Å². The lowest BCUT2D eigenvalue weighted by Crippen LogP contribution is -2.11. The molecule has 0 saturated carbocycles. The Kier molecular flexibility index (Phi) is 9.13. The van der Waals surface area contributed by atoms with Crippen LogP contribution in [0.2, 0.25) is 0 Å². The predicted octanol–water partition coefficient (Wildman–Crippen LogP) is 14.7. The molecule has 9 rings (SSSR count). The van der Waals surface area contributed by atoms with E-state index in [0.29, 0.717) is 57.3 Å². The summed E-state index contributed by atoms with van der Waals surface area (Å²) in [5.74, 6) is 0. The molecule has 2 aliphatic carbocycles. The molecule has 7 aromatic rings. The van der Waals surface area contributed by atoms with E-state index >= 15 is 0 Å². The first kappa shape index (κ1) is 42.0. The Morgan fingerprint density at radius 2 is 0.646 bits per heavy atom. The third-order valence-electron chi connectivity index (χ3n) is 11.2. The van der Waals surface area contributed by atoms with E-state index in [0.717, 1.165) is 0 Å². The highest BCUT2D eigenvalue weighted by molar-refractivity contribution is 6.16. The third kappa shape index (κ3) is 6.80. The normalized spacial score (nSPS) is 13.1. The highest BCUT2D eigenvalue weighted by atomic mass is 19.4. The van der Waals surface area contributed by atoms with E-state index in [4.69, 9.17) is 4.42 Å². The molecule has 0 spiro atoms. The summed E-state index contributed by atoms with van der Waals surface area (Å²) in [6.45, 7) is 0. The fourth-order valence-electron chi connectivity index (χ4n) is 8.40. The zero-order chi connectivity index (χ0) is 46.7. The first-order valence-corrected chi connectivity index (χ1v) is 18.6. The van der Waals surface area contributed by atoms with Gasteiger partial charge in [0.1, 0.15) is 46.6 Å². The Hall–Kier alpha value is -8.28. The number of fused-ring (bicyclic) bond motifs is 9. The molecule has 0 atom stereocenters. The molecule has 0 unspecified atom stereocenters. The molecular weight excluding hydrogens is 877 g/mol. The van der Waals surface area contributed by atoms with Gasteiger partial charge in [0, 0.05) is 21.9 Å². The highest BCUT2D eigenvalue weighted by Crippen LogP contribution is 2.53. The van der Waals surface area contributed by atoms with Gasteiger partial charge in [-0.3, -0.25) is 0 Å². The summed E-state index contributed by atoms with van der Waals surface area (Å²) in [4.78, 5) is 0. The minimum atomic E-state index is -5.14. The second-order valence-electron chi connectivity index (χ2n) is 14.9. The largest absolute Gasteiger partial charge is 0.456 e. The fraction of sp³-hybridized carbons (Fsp3) is 0.0833. The summed E-state index contributed by atoms with van der Waals surface area (Å²) in [6, 6.07) is 23.7. The lowest BCUT2D eigenvalue weighted by atomic mass is 9.93. The van der Waals surface area contributed by atoms with Gasteiger partial charge in [0.15, 0.2) is 0 Å². The van der Waals surface area contributed by atoms with E-state index in [2.05, 4.69) is 0 Å². The number of hydrogen-bond donors (Lipinski definition) is 0. The van der Waals surface area contributed by atoms with E-state index in [-0.39, 0.29) is 67.8 Å². The molecule has 1 heterocycles. The van der Waals surface area contributed by atoms with Crippen LogP contribution in [0.4, 0.5) is 52.7 Å². The van der Waals surface area contributed by atoms with Crippen LogP contribution in [0.1, 0.15) is 44.5 Å². The fourth-order valence-corrected chi connectivity index (χ4v) is 8.40. The topological polar surface area (TPSA) is 108 Å². The Morgan fingerprint density at radius 1 is 0.338 bits per heavy atom. The molecule has 0 N–H and O–H groups in total. The molecule has 5 nitrogen and oxygen atoms in total. The predicted molar refractivity (Wildman–Crippen MR) is 210 cm³/mol. The van der Waals surface area contributed by atoms with Crippen molar-refractivity contribution in [1.82, 2.24) is 0 Å². The molecule has 6 aromatic carbocycles. The standard InChI is InChI=1S/C48H16F12N4O/c49-45(50,51)27-5-23(6-28(11-27)46(52,53)54)21-1-3-31-33-15-41-35(13-39(33)43(37(31)9-21)25(17-61)18-62)36-14-40-34(16-42(36)65-41)32-4-2-22(10-38(32)44(40)26(19-63)20-64)24-7-29(47(55,56)57)12-30(8-24)48(58,59)60/h1-16H. The Labute approximate surface area is 356 Å². The van der Waals surface area contributed by atoms with Crippen molar-refractivity contribution in [3.63, 3.8) is 0 Å². The Balaban J connectivity index is 1.22. The van der Waals surface area contributed by atoms with E-state index < -0.39 is 69.2 Å². The summed E-state index contributed by atoms with van der Waals surface area (Å²) >= 11 is 0. The zero-order valence-electron chi connectivity index (χ0n) is 32.0. The van der Waals surface area contributed by atoms with E-state index in [9.17, 15) is 73.7 Å². The van der Waals surface area contributed by atoms with Crippen molar-refractivity contribution >= 4 is 33.1 Å². The van der Waals surface area contributed by atoms with Crippen molar-refractivity contribution < 1.29 is 57.1 Å². The van der Waals surface area contributed by atoms with E-state index in [1.165, 1.54) is 36.4 Å². The molecule has 17 heteroatoms. The van der Waals surface area contributed by atoms with Crippen LogP contribution in [0.5, 0.6) is 0 Å². The summed E-state index contributed by atoms with van der Waals surface area (Å²) in [6.07, 6.45) is -20.5. The smallest absolute Gasteiger partial charge is 0.416 e. The van der Waals surface area contributed by atoms with Gasteiger partial charge in [-0.25, -0.2) is 0 Å². The first-order valence-electron chi connectivity index (χ1n) is 18.6. The average molecular weight is 893 g/mol. The highest BCUT2D eigenvalue weighted by Gasteiger charge is 2.39. The molecule has 0 fully saturated rings. The van der Waals surface area contributed by atoms with Gasteiger partial charge in [-0.1, -0.05) is 24.3 Å². The van der Waals surface area contributed by atoms with Gasteiger partial charge in [-0.05, 0) is 140 Å². The number of hydrogen-bond acceptors (Lipinski definition) is 5. The quantitative estimate of drug-likeness (QED) is 0.127. The lowest BCUT2D eigenvalue weighted by molar-refractivity contribution is -0.144. The van der Waals surface area contributed by atoms with Crippen molar-refractivity contribution in [2.45, 2.75) is 24.7 Å². The van der Waals surface area contributed by atoms with Gasteiger partial charge >= 0.3 is 24.7 Å². The molecule has 0 bridgehead atoms. The molecule has 0 aliphatic heterocycles. The second kappa shape index (κ2) is 14.1. The summed E-state index contributed by atoms with van der Waals surface area (Å²) < 4.78 is 172. The number of rotatable bonds is 2. The Bertz CT molecular complexity index is 3210. The maximum atomic E-state index is 13.8. The van der Waals surface area contributed by atoms with E-state index in [1.807, 2.05) is 0 Å². The monoisotopic (exact) mass is 892 g/mol. The summed E-state index contributed by atoms with van der Waals surface area (Å²) in [5, 5.41) is 41.0. The third-order valence-corrected chi connectivity index (χ3v) is 11.2. The number of allylic oxidation sites excluding steroid dienone is 2. The molecule has 2 aliphatic rings. The minimum Gasteiger partial charge on any atom is -0.456 e. The lowest BCUT2D eigenvalue weighted by Gasteiger charge is -2.15. The van der Waals surface area contributed by atoms with Gasteiger partial charge < -0.3 is 4.42 Å². The first-order chi connectivity index (χ1) is 30.5. The molecule has 0 amide bonds. The maximum absolute atomic E-state index is 13.8. The number of nitriles is 4. The van der Waals surface area contributed by atoms with Gasteiger partial charge in [0.25, 0.3) is 0 Å². The molecule has 0 saturated heterocycles. The molecule has 0 radical (unpaired) electrons.